The first-order chi connectivity index (χ1) is 9.67. The van der Waals surface area contributed by atoms with Crippen molar-refractivity contribution in [1.82, 2.24) is 10.2 Å². The number of hydrogen-bond donors (Lipinski definition) is 2. The van der Waals surface area contributed by atoms with Crippen molar-refractivity contribution in [1.29, 1.82) is 0 Å². The summed E-state index contributed by atoms with van der Waals surface area (Å²) in [6.45, 7) is 5.36. The number of rotatable bonds is 2. The van der Waals surface area contributed by atoms with Gasteiger partial charge in [0.25, 0.3) is 0 Å². The Balaban J connectivity index is 1.69. The van der Waals surface area contributed by atoms with Crippen molar-refractivity contribution < 1.29 is 5.11 Å². The second-order valence-corrected chi connectivity index (χ2v) is 6.80. The fourth-order valence-electron chi connectivity index (χ4n) is 3.75. The van der Waals surface area contributed by atoms with E-state index in [2.05, 4.69) is 10.2 Å². The average molecular weight is 295 g/mol. The van der Waals surface area contributed by atoms with E-state index in [9.17, 15) is 5.11 Å². The molecule has 20 heavy (non-hydrogen) atoms. The summed E-state index contributed by atoms with van der Waals surface area (Å²) in [4.78, 5) is 2.47. The van der Waals surface area contributed by atoms with Gasteiger partial charge in [0, 0.05) is 30.2 Å². The minimum atomic E-state index is 0.357. The van der Waals surface area contributed by atoms with Gasteiger partial charge in [-0.15, -0.1) is 0 Å². The van der Waals surface area contributed by atoms with E-state index in [4.69, 9.17) is 11.6 Å². The molecule has 110 valence electrons. The summed E-state index contributed by atoms with van der Waals surface area (Å²) in [5.74, 6) is 0.357. The van der Waals surface area contributed by atoms with E-state index < -0.39 is 0 Å². The van der Waals surface area contributed by atoms with Crippen LogP contribution >= 0.6 is 11.6 Å². The number of likely N-dealkylation sites (tertiary alicyclic amines) is 1. The molecule has 2 N–H and O–H groups in total. The molecular formula is C16H23ClN2O. The normalized spacial score (nSPS) is 27.9. The average Bonchev–Trinajstić information content (AvgIpc) is 2.44. The monoisotopic (exact) mass is 294 g/mol. The molecule has 0 amide bonds. The maximum Gasteiger partial charge on any atom is 0.120 e. The third kappa shape index (κ3) is 3.11. The lowest BCUT2D eigenvalue weighted by Crippen LogP contribution is -2.50. The second-order valence-electron chi connectivity index (χ2n) is 6.37. The third-order valence-electron chi connectivity index (χ3n) is 4.74. The predicted molar refractivity (Wildman–Crippen MR) is 82.2 cm³/mol. The highest BCUT2D eigenvalue weighted by atomic mass is 35.5. The van der Waals surface area contributed by atoms with Crippen LogP contribution in [0.2, 0.25) is 5.02 Å². The first kappa shape index (κ1) is 14.2. The van der Waals surface area contributed by atoms with E-state index in [1.165, 1.54) is 25.7 Å². The van der Waals surface area contributed by atoms with Crippen LogP contribution in [0.3, 0.4) is 0 Å². The zero-order valence-corrected chi connectivity index (χ0v) is 12.6. The van der Waals surface area contributed by atoms with Gasteiger partial charge >= 0.3 is 0 Å². The van der Waals surface area contributed by atoms with Gasteiger partial charge in [-0.25, -0.2) is 0 Å². The van der Waals surface area contributed by atoms with Crippen molar-refractivity contribution in [3.05, 3.63) is 28.8 Å². The number of phenolic OH excluding ortho intramolecular Hbond substituents is 1. The van der Waals surface area contributed by atoms with Gasteiger partial charge in [0.05, 0.1) is 0 Å². The molecule has 2 heterocycles. The summed E-state index contributed by atoms with van der Waals surface area (Å²) >= 11 is 6.04. The zero-order valence-electron chi connectivity index (χ0n) is 11.9. The fourth-order valence-corrected chi connectivity index (χ4v) is 3.94. The Morgan fingerprint density at radius 1 is 1.30 bits per heavy atom. The van der Waals surface area contributed by atoms with Gasteiger partial charge in [-0.2, -0.15) is 0 Å². The number of nitrogens with one attached hydrogen (secondary N) is 1. The summed E-state index contributed by atoms with van der Waals surface area (Å²) in [6.07, 6.45) is 5.20. The molecule has 1 aromatic carbocycles. The van der Waals surface area contributed by atoms with E-state index >= 15 is 0 Å². The lowest BCUT2D eigenvalue weighted by molar-refractivity contribution is 0.0596. The van der Waals surface area contributed by atoms with Crippen LogP contribution in [0.4, 0.5) is 0 Å². The molecule has 1 aromatic rings. The van der Waals surface area contributed by atoms with Gasteiger partial charge in [-0.3, -0.25) is 4.90 Å². The molecule has 0 radical (unpaired) electrons. The van der Waals surface area contributed by atoms with Gasteiger partial charge in [-0.1, -0.05) is 11.6 Å². The summed E-state index contributed by atoms with van der Waals surface area (Å²) in [6, 6.07) is 5.32. The standard InChI is InChI=1S/C16H23ClN2O/c17-14-3-4-15(20)13(9-14)10-19-8-2-6-16(12-19)5-1-7-18-11-16/h3-4,9,18,20H,1-2,5-8,10-12H2. The number of piperidine rings is 2. The molecule has 1 spiro atoms. The van der Waals surface area contributed by atoms with Crippen LogP contribution in [0, 0.1) is 5.41 Å². The molecule has 2 saturated heterocycles. The van der Waals surface area contributed by atoms with Crippen LogP contribution in [0.15, 0.2) is 18.2 Å². The third-order valence-corrected chi connectivity index (χ3v) is 4.97. The van der Waals surface area contributed by atoms with Gasteiger partial charge in [0.2, 0.25) is 0 Å². The van der Waals surface area contributed by atoms with E-state index in [0.717, 1.165) is 38.3 Å². The number of halogens is 1. The van der Waals surface area contributed by atoms with Crippen LogP contribution in [-0.4, -0.2) is 36.2 Å². The largest absolute Gasteiger partial charge is 0.508 e. The van der Waals surface area contributed by atoms with Gasteiger partial charge in [-0.05, 0) is 62.4 Å². The molecule has 2 aliphatic rings. The SMILES string of the molecule is Oc1ccc(Cl)cc1CN1CCCC2(CCCNC2)C1. The lowest BCUT2D eigenvalue weighted by atomic mass is 9.74. The number of nitrogens with zero attached hydrogens (tertiary/aromatic N) is 1. The summed E-state index contributed by atoms with van der Waals surface area (Å²) in [5.41, 5.74) is 1.39. The maximum atomic E-state index is 9.97. The van der Waals surface area contributed by atoms with E-state index in [1.54, 1.807) is 12.1 Å². The van der Waals surface area contributed by atoms with Crippen LogP contribution in [0.5, 0.6) is 5.75 Å². The van der Waals surface area contributed by atoms with E-state index in [0.29, 0.717) is 16.2 Å². The molecule has 0 aliphatic carbocycles. The molecule has 2 aliphatic heterocycles. The second kappa shape index (κ2) is 5.92. The summed E-state index contributed by atoms with van der Waals surface area (Å²) in [5, 5.41) is 14.2. The summed E-state index contributed by atoms with van der Waals surface area (Å²) < 4.78 is 0. The fraction of sp³-hybridized carbons (Fsp3) is 0.625. The number of aromatic hydroxyl groups is 1. The topological polar surface area (TPSA) is 35.5 Å². The van der Waals surface area contributed by atoms with Crippen molar-refractivity contribution in [2.45, 2.75) is 32.2 Å². The van der Waals surface area contributed by atoms with Crippen molar-refractivity contribution in [3.8, 4) is 5.75 Å². The molecular weight excluding hydrogens is 272 g/mol. The molecule has 2 fully saturated rings. The minimum Gasteiger partial charge on any atom is -0.508 e. The van der Waals surface area contributed by atoms with Crippen molar-refractivity contribution in [2.75, 3.05) is 26.2 Å². The van der Waals surface area contributed by atoms with Crippen molar-refractivity contribution in [2.24, 2.45) is 5.41 Å². The van der Waals surface area contributed by atoms with Crippen molar-refractivity contribution >= 4 is 11.6 Å². The molecule has 1 atom stereocenters. The van der Waals surface area contributed by atoms with Crippen LogP contribution in [0.1, 0.15) is 31.2 Å². The Morgan fingerprint density at radius 3 is 2.95 bits per heavy atom. The van der Waals surface area contributed by atoms with E-state index in [-0.39, 0.29) is 0 Å². The highest BCUT2D eigenvalue weighted by Crippen LogP contribution is 2.37. The maximum absolute atomic E-state index is 9.97. The van der Waals surface area contributed by atoms with Crippen LogP contribution in [-0.2, 0) is 6.54 Å². The highest BCUT2D eigenvalue weighted by Gasteiger charge is 2.36. The van der Waals surface area contributed by atoms with Crippen molar-refractivity contribution in [3.63, 3.8) is 0 Å². The van der Waals surface area contributed by atoms with Gasteiger partial charge < -0.3 is 10.4 Å². The zero-order chi connectivity index (χ0) is 14.0. The Morgan fingerprint density at radius 2 is 2.15 bits per heavy atom. The molecule has 0 aromatic heterocycles. The van der Waals surface area contributed by atoms with Gasteiger partial charge in [0.15, 0.2) is 0 Å². The van der Waals surface area contributed by atoms with E-state index in [1.807, 2.05) is 6.07 Å². The number of hydrogen-bond acceptors (Lipinski definition) is 3. The number of phenols is 1. The Kier molecular flexibility index (Phi) is 4.20. The van der Waals surface area contributed by atoms with Gasteiger partial charge in [0.1, 0.15) is 5.75 Å². The molecule has 3 nitrogen and oxygen atoms in total. The lowest BCUT2D eigenvalue weighted by Gasteiger charge is -2.45. The first-order valence-electron chi connectivity index (χ1n) is 7.57. The van der Waals surface area contributed by atoms with Crippen LogP contribution < -0.4 is 5.32 Å². The molecule has 4 heteroatoms. The minimum absolute atomic E-state index is 0.357. The molecule has 0 saturated carbocycles. The molecule has 1 unspecified atom stereocenters. The van der Waals surface area contributed by atoms with Crippen LogP contribution in [0.25, 0.3) is 0 Å². The predicted octanol–water partition coefficient (Wildman–Crippen LogP) is 3.01. The molecule has 0 bridgehead atoms. The number of benzene rings is 1. The molecule has 3 rings (SSSR count). The summed E-state index contributed by atoms with van der Waals surface area (Å²) in [7, 11) is 0. The Bertz CT molecular complexity index is 466. The highest BCUT2D eigenvalue weighted by molar-refractivity contribution is 6.30. The smallest absolute Gasteiger partial charge is 0.120 e. The first-order valence-corrected chi connectivity index (χ1v) is 7.95. The Hall–Kier alpha value is -0.770. The quantitative estimate of drug-likeness (QED) is 0.880. The Labute approximate surface area is 125 Å².